The van der Waals surface area contributed by atoms with Crippen molar-refractivity contribution in [3.8, 4) is 0 Å². The number of aliphatic hydroxyl groups excluding tert-OH is 1. The predicted molar refractivity (Wildman–Crippen MR) is 156 cm³/mol. The Bertz CT molecular complexity index is 918. The molecule has 5 nitrogen and oxygen atoms in total. The van der Waals surface area contributed by atoms with Gasteiger partial charge < -0.3 is 19.7 Å². The van der Waals surface area contributed by atoms with E-state index in [-0.39, 0.29) is 40.5 Å². The first kappa shape index (κ1) is 31.3. The Kier molecular flexibility index (Phi) is 8.00. The van der Waals surface area contributed by atoms with Gasteiger partial charge >= 0.3 is 5.97 Å². The monoisotopic (exact) mass is 548 g/mol. The minimum Gasteiger partial charge on any atom is -0.457 e. The molecule has 0 aromatic carbocycles. The minimum atomic E-state index is -1.16. The van der Waals surface area contributed by atoms with Gasteiger partial charge in [0.05, 0.1) is 23.9 Å². The first-order valence-corrected chi connectivity index (χ1v) is 16.0. The molecule has 1 saturated heterocycles. The quantitative estimate of drug-likeness (QED) is 0.311. The molecule has 226 valence electrons. The van der Waals surface area contributed by atoms with Crippen LogP contribution in [0.2, 0.25) is 0 Å². The van der Waals surface area contributed by atoms with Gasteiger partial charge in [-0.15, -0.1) is 0 Å². The van der Waals surface area contributed by atoms with Crippen LogP contribution in [0.5, 0.6) is 0 Å². The molecular weight excluding hydrogens is 488 g/mol. The highest BCUT2D eigenvalue weighted by atomic mass is 16.6. The van der Waals surface area contributed by atoms with Crippen molar-refractivity contribution in [3.05, 3.63) is 0 Å². The largest absolute Gasteiger partial charge is 0.457 e. The summed E-state index contributed by atoms with van der Waals surface area (Å²) in [4.78, 5) is 12.0. The van der Waals surface area contributed by atoms with Gasteiger partial charge in [-0.05, 0) is 110 Å². The van der Waals surface area contributed by atoms with E-state index in [0.717, 1.165) is 25.7 Å². The van der Waals surface area contributed by atoms with Crippen LogP contribution >= 0.6 is 0 Å². The molecule has 0 aromatic heterocycles. The van der Waals surface area contributed by atoms with Crippen LogP contribution in [0.4, 0.5) is 0 Å². The summed E-state index contributed by atoms with van der Waals surface area (Å²) in [6.45, 7) is 23.7. The third-order valence-electron chi connectivity index (χ3n) is 12.8. The molecular formula is C34H60O5. The first-order chi connectivity index (χ1) is 17.8. The molecule has 3 aliphatic carbocycles. The molecule has 3 saturated carbocycles. The summed E-state index contributed by atoms with van der Waals surface area (Å²) in [5, 5.41) is 21.8. The summed E-state index contributed by atoms with van der Waals surface area (Å²) in [7, 11) is 0. The van der Waals surface area contributed by atoms with E-state index >= 15 is 0 Å². The fourth-order valence-electron chi connectivity index (χ4n) is 10.5. The van der Waals surface area contributed by atoms with E-state index in [1.807, 2.05) is 0 Å². The van der Waals surface area contributed by atoms with E-state index < -0.39 is 11.7 Å². The van der Waals surface area contributed by atoms with Crippen LogP contribution in [0.25, 0.3) is 0 Å². The van der Waals surface area contributed by atoms with Crippen molar-refractivity contribution < 1.29 is 24.5 Å². The van der Waals surface area contributed by atoms with Crippen molar-refractivity contribution in [3.63, 3.8) is 0 Å². The number of esters is 1. The topological polar surface area (TPSA) is 76.0 Å². The summed E-state index contributed by atoms with van der Waals surface area (Å²) in [5.74, 6) is 1.19. The third-order valence-corrected chi connectivity index (χ3v) is 12.8. The van der Waals surface area contributed by atoms with Crippen LogP contribution < -0.4 is 0 Å². The average molecular weight is 549 g/mol. The molecule has 0 radical (unpaired) electrons. The summed E-state index contributed by atoms with van der Waals surface area (Å²) in [5.41, 5.74) is -0.203. The summed E-state index contributed by atoms with van der Waals surface area (Å²) < 4.78 is 12.6. The number of ether oxygens (including phenoxy) is 2. The van der Waals surface area contributed by atoms with Crippen molar-refractivity contribution in [1.82, 2.24) is 0 Å². The highest BCUT2D eigenvalue weighted by Gasteiger charge is 2.77. The average Bonchev–Trinajstić information content (AvgIpc) is 3.30. The Hall–Kier alpha value is -0.650. The Morgan fingerprint density at radius 2 is 1.74 bits per heavy atom. The van der Waals surface area contributed by atoms with E-state index in [0.29, 0.717) is 28.6 Å². The van der Waals surface area contributed by atoms with Crippen LogP contribution in [-0.4, -0.2) is 46.2 Å². The molecule has 1 spiro atoms. The molecule has 1 aliphatic heterocycles. The third kappa shape index (κ3) is 5.03. The number of aliphatic hydroxyl groups is 2. The number of carbonyl (C=O) groups excluding carboxylic acids is 1. The van der Waals surface area contributed by atoms with Gasteiger partial charge in [0, 0.05) is 6.92 Å². The lowest BCUT2D eigenvalue weighted by Crippen LogP contribution is -2.55. The predicted octanol–water partition coefficient (Wildman–Crippen LogP) is 7.31. The molecule has 11 atom stereocenters. The maximum absolute atomic E-state index is 12.0. The summed E-state index contributed by atoms with van der Waals surface area (Å²) >= 11 is 0. The van der Waals surface area contributed by atoms with Gasteiger partial charge in [-0.3, -0.25) is 4.79 Å². The molecule has 4 fully saturated rings. The van der Waals surface area contributed by atoms with Crippen LogP contribution in [0, 0.1) is 44.8 Å². The number of rotatable bonds is 8. The number of hydrogen-bond acceptors (Lipinski definition) is 5. The van der Waals surface area contributed by atoms with E-state index in [9.17, 15) is 15.0 Å². The Morgan fingerprint density at radius 1 is 1.10 bits per heavy atom. The Morgan fingerprint density at radius 3 is 2.28 bits per heavy atom. The molecule has 4 aliphatic rings. The maximum Gasteiger partial charge on any atom is 0.303 e. The van der Waals surface area contributed by atoms with Crippen LogP contribution in [0.3, 0.4) is 0 Å². The van der Waals surface area contributed by atoms with Crippen molar-refractivity contribution in [2.45, 2.75) is 164 Å². The smallest absolute Gasteiger partial charge is 0.303 e. The second kappa shape index (κ2) is 9.97. The second-order valence-corrected chi connectivity index (χ2v) is 16.8. The van der Waals surface area contributed by atoms with Gasteiger partial charge in [0.2, 0.25) is 0 Å². The number of carbonyl (C=O) groups is 1. The highest BCUT2D eigenvalue weighted by Crippen LogP contribution is 2.83. The lowest BCUT2D eigenvalue weighted by Gasteiger charge is -2.59. The molecule has 0 aromatic rings. The number of fused-ring (bicyclic) bond motifs is 3. The van der Waals surface area contributed by atoms with E-state index in [2.05, 4.69) is 55.4 Å². The van der Waals surface area contributed by atoms with Crippen LogP contribution in [-0.2, 0) is 14.3 Å². The lowest BCUT2D eigenvalue weighted by molar-refractivity contribution is -0.208. The zero-order valence-electron chi connectivity index (χ0n) is 27.0. The molecule has 4 rings (SSSR count). The van der Waals surface area contributed by atoms with Crippen LogP contribution in [0.1, 0.15) is 134 Å². The molecule has 0 bridgehead atoms. The van der Waals surface area contributed by atoms with Gasteiger partial charge in [0.1, 0.15) is 0 Å². The van der Waals surface area contributed by atoms with Gasteiger partial charge in [-0.25, -0.2) is 0 Å². The molecule has 39 heavy (non-hydrogen) atoms. The molecule has 5 heteroatoms. The van der Waals surface area contributed by atoms with E-state index in [4.69, 9.17) is 9.47 Å². The Balaban J connectivity index is 1.61. The fourth-order valence-corrected chi connectivity index (χ4v) is 10.5. The zero-order valence-corrected chi connectivity index (χ0v) is 27.0. The Labute approximate surface area is 239 Å². The lowest BCUT2D eigenvalue weighted by atomic mass is 9.46. The van der Waals surface area contributed by atoms with Gasteiger partial charge in [0.25, 0.3) is 0 Å². The normalized spacial score (nSPS) is 45.4. The van der Waals surface area contributed by atoms with E-state index in [1.54, 1.807) is 13.8 Å². The summed E-state index contributed by atoms with van der Waals surface area (Å²) in [6.07, 6.45) is 8.99. The highest BCUT2D eigenvalue weighted by molar-refractivity contribution is 5.66. The maximum atomic E-state index is 12.0. The standard InChI is InChI=1S/C34H60O5/c1-12-13-25-33(11)19-24-27(21(2)18-23(39-24)28(30(7,8)37)38-22(3)35)32(33,10)16-17-34(25)20-31(34,9)15-14-26(36)29(4,5)6/h21,23-28,36-37H,12-20H2,1-11H3/t21-,23?,24?,25+,26+,27?,28+,31-,32-,33+,34+/m1/s1. The molecule has 2 N–H and O–H groups in total. The van der Waals surface area contributed by atoms with Gasteiger partial charge in [-0.2, -0.15) is 0 Å². The van der Waals surface area contributed by atoms with Gasteiger partial charge in [-0.1, -0.05) is 61.8 Å². The van der Waals surface area contributed by atoms with Crippen molar-refractivity contribution in [1.29, 1.82) is 0 Å². The zero-order chi connectivity index (χ0) is 29.4. The van der Waals surface area contributed by atoms with Crippen LogP contribution in [0.15, 0.2) is 0 Å². The minimum absolute atomic E-state index is 0.0728. The first-order valence-electron chi connectivity index (χ1n) is 16.0. The molecule has 0 amide bonds. The SMILES string of the molecule is CCC[C@@H]1[C@]2(CC[C@]3(C)C4C(C[C@@]13C)OC([C@H](OC(C)=O)C(C)(C)O)C[C@H]4C)C[C@@]2(C)CC[C@H](O)C(C)(C)C. The van der Waals surface area contributed by atoms with Crippen molar-refractivity contribution in [2.75, 3.05) is 0 Å². The second-order valence-electron chi connectivity index (χ2n) is 16.8. The molecule has 3 unspecified atom stereocenters. The fraction of sp³-hybridized carbons (Fsp3) is 0.971. The van der Waals surface area contributed by atoms with E-state index in [1.165, 1.54) is 39.0 Å². The number of hydrogen-bond donors (Lipinski definition) is 2. The van der Waals surface area contributed by atoms with Gasteiger partial charge in [0.15, 0.2) is 6.10 Å². The van der Waals surface area contributed by atoms with Crippen molar-refractivity contribution in [2.24, 2.45) is 44.8 Å². The van der Waals surface area contributed by atoms with Crippen molar-refractivity contribution >= 4 is 5.97 Å². The summed E-state index contributed by atoms with van der Waals surface area (Å²) in [6, 6.07) is 0. The molecule has 1 heterocycles.